The van der Waals surface area contributed by atoms with Gasteiger partial charge in [0.1, 0.15) is 0 Å². The predicted octanol–water partition coefficient (Wildman–Crippen LogP) is 2.28. The number of hydrogen-bond acceptors (Lipinski definition) is 2. The second-order valence-electron chi connectivity index (χ2n) is 2.21. The van der Waals surface area contributed by atoms with E-state index in [0.717, 1.165) is 16.7 Å². The molecule has 1 aromatic heterocycles. The summed E-state index contributed by atoms with van der Waals surface area (Å²) >= 11 is 3.13. The Bertz CT molecular complexity index is 368. The monoisotopic (exact) mass is 211 g/mol. The Morgan fingerprint density at radius 3 is 3.00 bits per heavy atom. The van der Waals surface area contributed by atoms with E-state index in [9.17, 15) is 0 Å². The van der Waals surface area contributed by atoms with Gasteiger partial charge < -0.3 is 4.34 Å². The second kappa shape index (κ2) is 2.54. The lowest BCUT2D eigenvalue weighted by molar-refractivity contribution is 1.13. The van der Waals surface area contributed by atoms with Gasteiger partial charge in [-0.3, -0.25) is 5.10 Å². The van der Waals surface area contributed by atoms with Gasteiger partial charge in [-0.2, -0.15) is 5.10 Å². The summed E-state index contributed by atoms with van der Waals surface area (Å²) in [7, 11) is 0. The van der Waals surface area contributed by atoms with E-state index in [2.05, 4.69) is 30.7 Å². The fourth-order valence-electron chi connectivity index (χ4n) is 1.04. The van der Waals surface area contributed by atoms with Crippen molar-refractivity contribution in [2.75, 3.05) is 4.34 Å². The van der Waals surface area contributed by atoms with Crippen LogP contribution in [0.3, 0.4) is 0 Å². The summed E-state index contributed by atoms with van der Waals surface area (Å²) < 4.78 is 2.82. The lowest BCUT2D eigenvalue weighted by atomic mass is 10.2. The molecule has 0 spiro atoms. The topological polar surface area (TPSA) is 40.7 Å². The van der Waals surface area contributed by atoms with Crippen LogP contribution in [-0.2, 0) is 0 Å². The van der Waals surface area contributed by atoms with Crippen LogP contribution < -0.4 is 4.34 Å². The Morgan fingerprint density at radius 2 is 2.18 bits per heavy atom. The van der Waals surface area contributed by atoms with Crippen LogP contribution in [0.2, 0.25) is 0 Å². The second-order valence-corrected chi connectivity index (χ2v) is 2.61. The number of aromatic amines is 1. The first-order valence-electron chi connectivity index (χ1n) is 3.21. The van der Waals surface area contributed by atoms with E-state index in [-0.39, 0.29) is 0 Å². The number of hydrogen-bond donors (Lipinski definition) is 2. The van der Waals surface area contributed by atoms with Crippen LogP contribution in [0.15, 0.2) is 24.3 Å². The van der Waals surface area contributed by atoms with Gasteiger partial charge in [0.2, 0.25) is 0 Å². The third kappa shape index (κ3) is 0.991. The zero-order valence-corrected chi connectivity index (χ0v) is 7.22. The van der Waals surface area contributed by atoms with Gasteiger partial charge >= 0.3 is 0 Å². The molecule has 11 heavy (non-hydrogen) atoms. The number of para-hydroxylation sites is 1. The van der Waals surface area contributed by atoms with Gasteiger partial charge in [0.05, 0.1) is 5.52 Å². The summed E-state index contributed by atoms with van der Waals surface area (Å²) in [5.74, 6) is 0.820. The number of aromatic nitrogens is 2. The zero-order valence-electron chi connectivity index (χ0n) is 5.63. The van der Waals surface area contributed by atoms with Crippen molar-refractivity contribution in [3.63, 3.8) is 0 Å². The molecule has 56 valence electrons. The number of nitrogens with zero attached hydrogens (tertiary/aromatic N) is 1. The molecule has 0 amide bonds. The maximum atomic E-state index is 4.03. The van der Waals surface area contributed by atoms with Gasteiger partial charge in [0.25, 0.3) is 0 Å². The Morgan fingerprint density at radius 1 is 1.36 bits per heavy atom. The van der Waals surface area contributed by atoms with Gasteiger partial charge in [-0.05, 0) is 12.1 Å². The maximum absolute atomic E-state index is 4.03. The SMILES string of the molecule is BrNc1n[nH]c2ccccc12. The molecule has 2 aromatic rings. The lowest BCUT2D eigenvalue weighted by Crippen LogP contribution is -1.77. The molecule has 1 aromatic carbocycles. The van der Waals surface area contributed by atoms with Crippen molar-refractivity contribution in [3.8, 4) is 0 Å². The van der Waals surface area contributed by atoms with E-state index in [1.54, 1.807) is 0 Å². The van der Waals surface area contributed by atoms with Crippen LogP contribution in [0.5, 0.6) is 0 Å². The first-order chi connectivity index (χ1) is 5.42. The molecule has 4 heteroatoms. The highest BCUT2D eigenvalue weighted by molar-refractivity contribution is 9.10. The molecule has 0 aliphatic heterocycles. The van der Waals surface area contributed by atoms with Gasteiger partial charge in [0, 0.05) is 21.5 Å². The third-order valence-corrected chi connectivity index (χ3v) is 1.94. The zero-order chi connectivity index (χ0) is 7.68. The van der Waals surface area contributed by atoms with E-state index < -0.39 is 0 Å². The predicted molar refractivity (Wildman–Crippen MR) is 48.6 cm³/mol. The maximum Gasteiger partial charge on any atom is 0.165 e. The summed E-state index contributed by atoms with van der Waals surface area (Å²) in [6.07, 6.45) is 0. The molecule has 0 fully saturated rings. The Kier molecular flexibility index (Phi) is 1.54. The van der Waals surface area contributed by atoms with Gasteiger partial charge in [-0.15, -0.1) is 0 Å². The van der Waals surface area contributed by atoms with Crippen LogP contribution in [0.25, 0.3) is 10.9 Å². The van der Waals surface area contributed by atoms with Gasteiger partial charge in [0.15, 0.2) is 5.82 Å². The molecule has 0 atom stereocenters. The smallest absolute Gasteiger partial charge is 0.165 e. The molecule has 0 bridgehead atoms. The van der Waals surface area contributed by atoms with Crippen LogP contribution in [0, 0.1) is 0 Å². The van der Waals surface area contributed by atoms with Crippen molar-refractivity contribution in [1.82, 2.24) is 10.2 Å². The first-order valence-corrected chi connectivity index (χ1v) is 4.01. The van der Waals surface area contributed by atoms with Crippen molar-refractivity contribution >= 4 is 32.9 Å². The van der Waals surface area contributed by atoms with Crippen molar-refractivity contribution in [1.29, 1.82) is 0 Å². The van der Waals surface area contributed by atoms with Gasteiger partial charge in [-0.1, -0.05) is 12.1 Å². The van der Waals surface area contributed by atoms with E-state index in [4.69, 9.17) is 0 Å². The number of nitrogens with one attached hydrogen (secondary N) is 2. The summed E-state index contributed by atoms with van der Waals surface area (Å²) in [6, 6.07) is 7.93. The number of anilines is 1. The first kappa shape index (κ1) is 6.67. The van der Waals surface area contributed by atoms with Crippen molar-refractivity contribution in [3.05, 3.63) is 24.3 Å². The van der Waals surface area contributed by atoms with E-state index in [1.807, 2.05) is 24.3 Å². The van der Waals surface area contributed by atoms with Crippen LogP contribution in [0.4, 0.5) is 5.82 Å². The molecule has 1 heterocycles. The minimum absolute atomic E-state index is 0.820. The number of H-pyrrole nitrogens is 1. The molecule has 2 N–H and O–H groups in total. The highest BCUT2D eigenvalue weighted by atomic mass is 79.9. The van der Waals surface area contributed by atoms with Crippen LogP contribution in [0.1, 0.15) is 0 Å². The third-order valence-electron chi connectivity index (χ3n) is 1.56. The lowest BCUT2D eigenvalue weighted by Gasteiger charge is -1.89. The fraction of sp³-hybridized carbons (Fsp3) is 0. The molecular weight excluding hydrogens is 206 g/mol. The quantitative estimate of drug-likeness (QED) is 0.712. The molecule has 0 saturated carbocycles. The molecule has 0 radical (unpaired) electrons. The van der Waals surface area contributed by atoms with Crippen molar-refractivity contribution < 1.29 is 0 Å². The average molecular weight is 212 g/mol. The molecule has 0 unspecified atom stereocenters. The van der Waals surface area contributed by atoms with Crippen LogP contribution >= 0.6 is 16.1 Å². The highest BCUT2D eigenvalue weighted by Crippen LogP contribution is 2.19. The van der Waals surface area contributed by atoms with Crippen molar-refractivity contribution in [2.45, 2.75) is 0 Å². The van der Waals surface area contributed by atoms with Crippen molar-refractivity contribution in [2.24, 2.45) is 0 Å². The Hall–Kier alpha value is -1.03. The summed E-state index contributed by atoms with van der Waals surface area (Å²) in [5, 5.41) is 8.01. The van der Waals surface area contributed by atoms with E-state index in [1.165, 1.54) is 0 Å². The Labute approximate surface area is 72.1 Å². The molecule has 2 rings (SSSR count). The number of rotatable bonds is 1. The van der Waals surface area contributed by atoms with E-state index in [0.29, 0.717) is 0 Å². The highest BCUT2D eigenvalue weighted by Gasteiger charge is 2.00. The summed E-state index contributed by atoms with van der Waals surface area (Å²) in [6.45, 7) is 0. The summed E-state index contributed by atoms with van der Waals surface area (Å²) in [4.78, 5) is 0. The largest absolute Gasteiger partial charge is 0.305 e. The normalized spacial score (nSPS) is 10.3. The number of halogens is 1. The van der Waals surface area contributed by atoms with E-state index >= 15 is 0 Å². The number of fused-ring (bicyclic) bond motifs is 1. The standard InChI is InChI=1S/C7H6BrN3/c8-9-7-5-3-1-2-4-6(5)10-11-7/h1-4H,(H2,9,10,11). The molecule has 3 nitrogen and oxygen atoms in total. The minimum atomic E-state index is 0.820. The van der Waals surface area contributed by atoms with Crippen LogP contribution in [-0.4, -0.2) is 10.2 Å². The summed E-state index contributed by atoms with van der Waals surface area (Å²) in [5.41, 5.74) is 1.04. The molecule has 0 aliphatic carbocycles. The Balaban J connectivity index is 2.76. The fourth-order valence-corrected chi connectivity index (χ4v) is 1.34. The molecule has 0 saturated heterocycles. The molecule has 0 aliphatic rings. The molecular formula is C7H6BrN3. The van der Waals surface area contributed by atoms with Gasteiger partial charge in [-0.25, -0.2) is 0 Å². The minimum Gasteiger partial charge on any atom is -0.305 e. The average Bonchev–Trinajstić information content (AvgIpc) is 2.47. The number of benzene rings is 1.